The average molecular weight is 536 g/mol. The molecule has 1 atom stereocenters. The molecule has 1 heterocycles. The predicted octanol–water partition coefficient (Wildman–Crippen LogP) is 5.97. The Morgan fingerprint density at radius 1 is 1.06 bits per heavy atom. The molecule has 1 unspecified atom stereocenters. The fraction of sp³-hybridized carbons (Fsp3) is 0.200. The van der Waals surface area contributed by atoms with E-state index in [1.165, 1.54) is 5.01 Å². The molecular weight excluding hydrogens is 515 g/mol. The second-order valence-electron chi connectivity index (χ2n) is 8.62. The molecule has 3 aromatic rings. The largest absolute Gasteiger partial charge is 0.417 e. The van der Waals surface area contributed by atoms with Crippen molar-refractivity contribution in [1.82, 2.24) is 5.01 Å². The molecule has 188 valence electrons. The van der Waals surface area contributed by atoms with Crippen molar-refractivity contribution >= 4 is 38.9 Å². The zero-order valence-electron chi connectivity index (χ0n) is 19.2. The Hall–Kier alpha value is -3.37. The van der Waals surface area contributed by atoms with E-state index in [4.69, 9.17) is 11.6 Å². The van der Waals surface area contributed by atoms with Gasteiger partial charge in [-0.15, -0.1) is 0 Å². The van der Waals surface area contributed by atoms with Gasteiger partial charge in [-0.05, 0) is 48.4 Å². The van der Waals surface area contributed by atoms with Crippen molar-refractivity contribution in [3.05, 3.63) is 94.5 Å². The molecule has 1 aliphatic heterocycles. The van der Waals surface area contributed by atoms with E-state index in [1.807, 2.05) is 37.3 Å². The first-order valence-corrected chi connectivity index (χ1v) is 13.0. The van der Waals surface area contributed by atoms with Crippen LogP contribution in [0.4, 0.5) is 23.7 Å². The summed E-state index contributed by atoms with van der Waals surface area (Å²) in [6.45, 7) is 2.07. The number of carbonyl (C=O) groups is 1. The number of benzene rings is 3. The summed E-state index contributed by atoms with van der Waals surface area (Å²) >= 11 is 6.03. The summed E-state index contributed by atoms with van der Waals surface area (Å²) < 4.78 is 63.9. The lowest BCUT2D eigenvalue weighted by atomic mass is 9.76. The summed E-state index contributed by atoms with van der Waals surface area (Å²) in [6, 6.07) is 18.2. The Balaban J connectivity index is 1.69. The highest BCUT2D eigenvalue weighted by Crippen LogP contribution is 2.37. The van der Waals surface area contributed by atoms with Gasteiger partial charge in [-0.3, -0.25) is 0 Å². The van der Waals surface area contributed by atoms with E-state index < -0.39 is 37.9 Å². The summed E-state index contributed by atoms with van der Waals surface area (Å²) in [5, 5.41) is 8.73. The van der Waals surface area contributed by atoms with E-state index in [0.717, 1.165) is 23.3 Å². The van der Waals surface area contributed by atoms with Gasteiger partial charge in [0.15, 0.2) is 9.84 Å². The summed E-state index contributed by atoms with van der Waals surface area (Å²) in [5.41, 5.74) is 0.140. The highest BCUT2D eigenvalue weighted by molar-refractivity contribution is 7.90. The molecule has 2 amide bonds. The highest BCUT2D eigenvalue weighted by atomic mass is 35.5. The third-order valence-electron chi connectivity index (χ3n) is 5.91. The number of urea groups is 1. The first-order valence-electron chi connectivity index (χ1n) is 10.7. The quantitative estimate of drug-likeness (QED) is 0.447. The van der Waals surface area contributed by atoms with Gasteiger partial charge < -0.3 is 5.32 Å². The van der Waals surface area contributed by atoms with Crippen LogP contribution < -0.4 is 5.32 Å². The van der Waals surface area contributed by atoms with Crippen molar-refractivity contribution in [3.8, 4) is 0 Å². The highest BCUT2D eigenvalue weighted by Gasteiger charge is 2.43. The standard InChI is InChI=1S/C25H21ClF3N3O3S/c1-24(17-6-4-3-5-7-17)15-32(31-22(24)16-8-10-18(26)11-9-16)23(33)30-19-12-13-20(25(27,28)29)21(14-19)36(2,34)35/h3-14H,15H2,1-2H3,(H,30,33). The minimum atomic E-state index is -4.87. The van der Waals surface area contributed by atoms with Crippen LogP contribution in [0.1, 0.15) is 23.6 Å². The average Bonchev–Trinajstić information content (AvgIpc) is 3.18. The van der Waals surface area contributed by atoms with E-state index in [-0.39, 0.29) is 12.2 Å². The van der Waals surface area contributed by atoms with Crippen LogP contribution in [-0.4, -0.2) is 38.0 Å². The fourth-order valence-electron chi connectivity index (χ4n) is 4.11. The van der Waals surface area contributed by atoms with Crippen LogP contribution in [0.3, 0.4) is 0 Å². The van der Waals surface area contributed by atoms with Crippen LogP contribution in [0, 0.1) is 0 Å². The molecule has 0 saturated carbocycles. The zero-order chi connectivity index (χ0) is 26.3. The Labute approximate surface area is 211 Å². The van der Waals surface area contributed by atoms with E-state index >= 15 is 0 Å². The molecule has 0 bridgehead atoms. The van der Waals surface area contributed by atoms with Crippen LogP contribution in [0.5, 0.6) is 0 Å². The van der Waals surface area contributed by atoms with Gasteiger partial charge in [0.25, 0.3) is 0 Å². The SMILES string of the molecule is CC1(c2ccccc2)CN(C(=O)Nc2ccc(C(F)(F)F)c(S(C)(=O)=O)c2)N=C1c1ccc(Cl)cc1. The number of halogens is 4. The van der Waals surface area contributed by atoms with E-state index in [0.29, 0.717) is 23.1 Å². The molecule has 4 rings (SSSR count). The van der Waals surface area contributed by atoms with Crippen molar-refractivity contribution in [2.45, 2.75) is 23.4 Å². The molecule has 0 spiro atoms. The number of amides is 2. The molecular formula is C25H21ClF3N3O3S. The summed E-state index contributed by atoms with van der Waals surface area (Å²) in [4.78, 5) is 12.2. The normalized spacial score (nSPS) is 18.2. The van der Waals surface area contributed by atoms with Crippen molar-refractivity contribution in [3.63, 3.8) is 0 Å². The smallest absolute Gasteiger partial charge is 0.306 e. The lowest BCUT2D eigenvalue weighted by Crippen LogP contribution is -2.38. The molecule has 0 aromatic heterocycles. The van der Waals surface area contributed by atoms with Gasteiger partial charge in [0, 0.05) is 17.0 Å². The number of hydrogen-bond acceptors (Lipinski definition) is 4. The van der Waals surface area contributed by atoms with Crippen molar-refractivity contribution < 1.29 is 26.4 Å². The van der Waals surface area contributed by atoms with Gasteiger partial charge >= 0.3 is 12.2 Å². The maximum atomic E-state index is 13.3. The van der Waals surface area contributed by atoms with Crippen LogP contribution in [-0.2, 0) is 21.4 Å². The first-order chi connectivity index (χ1) is 16.8. The minimum absolute atomic E-state index is 0.106. The molecule has 1 aliphatic rings. The molecule has 3 aromatic carbocycles. The predicted molar refractivity (Wildman–Crippen MR) is 132 cm³/mol. The molecule has 36 heavy (non-hydrogen) atoms. The van der Waals surface area contributed by atoms with E-state index in [1.54, 1.807) is 24.3 Å². The maximum absolute atomic E-state index is 13.3. The second-order valence-corrected chi connectivity index (χ2v) is 11.0. The number of nitrogens with one attached hydrogen (secondary N) is 1. The van der Waals surface area contributed by atoms with Crippen molar-refractivity contribution in [2.75, 3.05) is 18.1 Å². The van der Waals surface area contributed by atoms with E-state index in [2.05, 4.69) is 10.4 Å². The number of rotatable bonds is 4. The molecule has 0 aliphatic carbocycles. The van der Waals surface area contributed by atoms with Gasteiger partial charge in [-0.25, -0.2) is 18.2 Å². The molecule has 0 fully saturated rings. The molecule has 0 saturated heterocycles. The Morgan fingerprint density at radius 2 is 1.69 bits per heavy atom. The lowest BCUT2D eigenvalue weighted by molar-refractivity contribution is -0.139. The summed E-state index contributed by atoms with van der Waals surface area (Å²) in [6.07, 6.45) is -4.19. The maximum Gasteiger partial charge on any atom is 0.417 e. The molecule has 6 nitrogen and oxygen atoms in total. The van der Waals surface area contributed by atoms with Crippen LogP contribution in [0.15, 0.2) is 82.8 Å². The van der Waals surface area contributed by atoms with Crippen LogP contribution in [0.25, 0.3) is 0 Å². The fourth-order valence-corrected chi connectivity index (χ4v) is 5.16. The minimum Gasteiger partial charge on any atom is -0.306 e. The molecule has 1 N–H and O–H groups in total. The van der Waals surface area contributed by atoms with Gasteiger partial charge in [0.1, 0.15) is 0 Å². The van der Waals surface area contributed by atoms with E-state index in [9.17, 15) is 26.4 Å². The summed E-state index contributed by atoms with van der Waals surface area (Å²) in [5.74, 6) is 0. The Bertz CT molecular complexity index is 1440. The molecule has 0 radical (unpaired) electrons. The Morgan fingerprint density at radius 3 is 2.28 bits per heavy atom. The van der Waals surface area contributed by atoms with Gasteiger partial charge in [0.2, 0.25) is 0 Å². The van der Waals surface area contributed by atoms with Gasteiger partial charge in [-0.1, -0.05) is 54.1 Å². The number of hydrazone groups is 1. The van der Waals surface area contributed by atoms with Gasteiger partial charge in [0.05, 0.1) is 28.1 Å². The number of carbonyl (C=O) groups excluding carboxylic acids is 1. The topological polar surface area (TPSA) is 78.8 Å². The van der Waals surface area contributed by atoms with Crippen LogP contribution in [0.2, 0.25) is 5.02 Å². The first kappa shape index (κ1) is 25.7. The number of hydrogen-bond donors (Lipinski definition) is 1. The third-order valence-corrected chi connectivity index (χ3v) is 7.30. The van der Waals surface area contributed by atoms with Crippen LogP contribution >= 0.6 is 11.6 Å². The monoisotopic (exact) mass is 535 g/mol. The number of anilines is 1. The molecule has 11 heteroatoms. The zero-order valence-corrected chi connectivity index (χ0v) is 20.7. The third kappa shape index (κ3) is 5.10. The number of nitrogens with zero attached hydrogens (tertiary/aromatic N) is 2. The number of sulfone groups is 1. The number of alkyl halides is 3. The lowest BCUT2D eigenvalue weighted by Gasteiger charge is -2.27. The van der Waals surface area contributed by atoms with Crippen molar-refractivity contribution in [1.29, 1.82) is 0 Å². The van der Waals surface area contributed by atoms with Crippen molar-refractivity contribution in [2.24, 2.45) is 5.10 Å². The Kier molecular flexibility index (Phi) is 6.61. The second kappa shape index (κ2) is 9.25. The summed E-state index contributed by atoms with van der Waals surface area (Å²) in [7, 11) is -4.22. The van der Waals surface area contributed by atoms with Gasteiger partial charge in [-0.2, -0.15) is 18.3 Å².